The molecule has 0 saturated heterocycles. The zero-order valence-electron chi connectivity index (χ0n) is 18.1. The maximum absolute atomic E-state index is 13.6. The van der Waals surface area contributed by atoms with Gasteiger partial charge in [0.15, 0.2) is 18.0 Å². The summed E-state index contributed by atoms with van der Waals surface area (Å²) in [6.07, 6.45) is 3.32. The van der Waals surface area contributed by atoms with Gasteiger partial charge in [-0.25, -0.2) is 4.79 Å². The van der Waals surface area contributed by atoms with E-state index in [9.17, 15) is 19.5 Å². The number of hydrogen-bond donors (Lipinski definition) is 1. The number of rotatable bonds is 6. The number of carbonyl (C=O) groups excluding carboxylic acids is 1. The van der Waals surface area contributed by atoms with Crippen LogP contribution in [0.5, 0.6) is 11.6 Å². The Morgan fingerprint density at radius 3 is 2.13 bits per heavy atom. The van der Waals surface area contributed by atoms with Gasteiger partial charge in [-0.1, -0.05) is 0 Å². The third-order valence-corrected chi connectivity index (χ3v) is 5.21. The number of Topliss-reactive ketones (excluding diaryl/α,β-unsaturated/α-hetero) is 1. The number of anilines is 1. The summed E-state index contributed by atoms with van der Waals surface area (Å²) in [6, 6.07) is 8.86. The van der Waals surface area contributed by atoms with Crippen LogP contribution in [0.2, 0.25) is 0 Å². The van der Waals surface area contributed by atoms with Crippen LogP contribution in [0.25, 0.3) is 0 Å². The van der Waals surface area contributed by atoms with Gasteiger partial charge in [-0.05, 0) is 24.3 Å². The molecule has 3 aromatic rings. The molecule has 31 heavy (non-hydrogen) atoms. The van der Waals surface area contributed by atoms with Crippen molar-refractivity contribution < 1.29 is 19.2 Å². The van der Waals surface area contributed by atoms with Crippen molar-refractivity contribution in [1.29, 1.82) is 0 Å². The Balaban J connectivity index is 2.26. The highest BCUT2D eigenvalue weighted by Gasteiger charge is 2.37. The molecule has 0 aliphatic rings. The number of nitrogens with zero attached hydrogens (tertiary/aromatic N) is 4. The molecule has 0 saturated carbocycles. The fourth-order valence-corrected chi connectivity index (χ4v) is 3.33. The lowest BCUT2D eigenvalue weighted by atomic mass is 9.98. The highest BCUT2D eigenvalue weighted by molar-refractivity contribution is 6.00. The normalized spacial score (nSPS) is 11.8. The third kappa shape index (κ3) is 3.94. The van der Waals surface area contributed by atoms with Crippen molar-refractivity contribution in [3.63, 3.8) is 0 Å². The number of ketones is 1. The van der Waals surface area contributed by atoms with E-state index < -0.39 is 29.0 Å². The smallest absolute Gasteiger partial charge is 0.333 e. The predicted octanol–water partition coefficient (Wildman–Crippen LogP) is 0.624. The molecule has 0 radical (unpaired) electrons. The quantitative estimate of drug-likeness (QED) is 0.460. The maximum Gasteiger partial charge on any atom is 0.333 e. The molecule has 1 unspecified atom stereocenters. The Kier molecular flexibility index (Phi) is 5.96. The average molecular weight is 425 g/mol. The molecule has 3 rings (SSSR count). The van der Waals surface area contributed by atoms with Crippen LogP contribution in [-0.4, -0.2) is 41.2 Å². The zero-order chi connectivity index (χ0) is 22.9. The molecular weight excluding hydrogens is 400 g/mol. The fourth-order valence-electron chi connectivity index (χ4n) is 3.33. The Morgan fingerprint density at radius 1 is 1.03 bits per heavy atom. The van der Waals surface area contributed by atoms with E-state index >= 15 is 0 Å². The molecule has 162 valence electrons. The molecule has 9 nitrogen and oxygen atoms in total. The molecule has 2 heterocycles. The maximum atomic E-state index is 13.6. The number of pyridine rings is 1. The van der Waals surface area contributed by atoms with Crippen molar-refractivity contribution in [2.24, 2.45) is 14.1 Å². The van der Waals surface area contributed by atoms with Gasteiger partial charge in [-0.15, -0.1) is 0 Å². The first-order valence-electron chi connectivity index (χ1n) is 9.52. The van der Waals surface area contributed by atoms with Crippen molar-refractivity contribution >= 4 is 11.5 Å². The van der Waals surface area contributed by atoms with Crippen LogP contribution < -0.4 is 25.5 Å². The molecule has 9 heteroatoms. The SMILES string of the molecule is COc1ccc(C(=O)C(c2c(O)n(C)c(=O)n(C)c2=O)[n+]2ccc(N(C)C)cc2)cc1. The van der Waals surface area contributed by atoms with Gasteiger partial charge in [-0.2, -0.15) is 4.57 Å². The van der Waals surface area contributed by atoms with Gasteiger partial charge < -0.3 is 14.7 Å². The number of hydrogen-bond acceptors (Lipinski definition) is 6. The second-order valence-electron chi connectivity index (χ2n) is 7.34. The Bertz CT molecular complexity index is 1220. The molecule has 0 spiro atoms. The third-order valence-electron chi connectivity index (χ3n) is 5.21. The minimum atomic E-state index is -1.19. The molecule has 2 aromatic heterocycles. The number of carbonyl (C=O) groups is 1. The number of aromatic nitrogens is 3. The van der Waals surface area contributed by atoms with Crippen LogP contribution in [0.3, 0.4) is 0 Å². The summed E-state index contributed by atoms with van der Waals surface area (Å²) in [7, 11) is 7.94. The molecule has 0 aliphatic carbocycles. The summed E-state index contributed by atoms with van der Waals surface area (Å²) >= 11 is 0. The van der Waals surface area contributed by atoms with Gasteiger partial charge in [0, 0.05) is 51.6 Å². The van der Waals surface area contributed by atoms with E-state index in [2.05, 4.69) is 0 Å². The molecule has 0 aliphatic heterocycles. The van der Waals surface area contributed by atoms with E-state index in [1.54, 1.807) is 53.4 Å². The Labute approximate surface area is 179 Å². The van der Waals surface area contributed by atoms with Gasteiger partial charge in [0.25, 0.3) is 11.6 Å². The van der Waals surface area contributed by atoms with Crippen LogP contribution in [0.4, 0.5) is 5.69 Å². The first-order valence-corrected chi connectivity index (χ1v) is 9.52. The molecule has 1 aromatic carbocycles. The van der Waals surface area contributed by atoms with Gasteiger partial charge in [0.1, 0.15) is 5.75 Å². The van der Waals surface area contributed by atoms with E-state index in [0.717, 1.165) is 14.8 Å². The van der Waals surface area contributed by atoms with E-state index in [-0.39, 0.29) is 5.56 Å². The summed E-state index contributed by atoms with van der Waals surface area (Å²) in [6.45, 7) is 0. The second-order valence-corrected chi connectivity index (χ2v) is 7.34. The zero-order valence-corrected chi connectivity index (χ0v) is 18.1. The average Bonchev–Trinajstić information content (AvgIpc) is 2.79. The predicted molar refractivity (Wildman–Crippen MR) is 115 cm³/mol. The Morgan fingerprint density at radius 2 is 1.61 bits per heavy atom. The van der Waals surface area contributed by atoms with Crippen molar-refractivity contribution in [3.05, 3.63) is 80.8 Å². The molecule has 1 atom stereocenters. The Hall–Kier alpha value is -3.88. The van der Waals surface area contributed by atoms with Crippen molar-refractivity contribution in [2.75, 3.05) is 26.1 Å². The number of aromatic hydroxyl groups is 1. The van der Waals surface area contributed by atoms with E-state index in [0.29, 0.717) is 11.3 Å². The summed E-state index contributed by atoms with van der Waals surface area (Å²) in [5.41, 5.74) is -0.394. The lowest BCUT2D eigenvalue weighted by Crippen LogP contribution is -2.49. The summed E-state index contributed by atoms with van der Waals surface area (Å²) in [4.78, 5) is 40.6. The van der Waals surface area contributed by atoms with Gasteiger partial charge in [0.2, 0.25) is 11.7 Å². The standard InChI is InChI=1S/C22H24N4O5/c1-23(2)15-10-12-26(13-11-15)18(19(27)14-6-8-16(31-5)9-7-14)17-20(28)24(3)22(30)25(4)21(17)29/h6-13,18H,1-5H3/p+1. The van der Waals surface area contributed by atoms with Gasteiger partial charge in [-0.3, -0.25) is 18.7 Å². The van der Waals surface area contributed by atoms with E-state index in [4.69, 9.17) is 4.74 Å². The summed E-state index contributed by atoms with van der Waals surface area (Å²) in [5, 5.41) is 10.7. The number of ether oxygens (including phenoxy) is 1. The van der Waals surface area contributed by atoms with Crippen LogP contribution in [0.1, 0.15) is 22.0 Å². The van der Waals surface area contributed by atoms with E-state index in [1.807, 2.05) is 19.0 Å². The van der Waals surface area contributed by atoms with Crippen LogP contribution >= 0.6 is 0 Å². The number of benzene rings is 1. The molecule has 1 N–H and O–H groups in total. The molecule has 0 fully saturated rings. The van der Waals surface area contributed by atoms with Crippen molar-refractivity contribution in [1.82, 2.24) is 9.13 Å². The van der Waals surface area contributed by atoms with Crippen LogP contribution in [0.15, 0.2) is 58.4 Å². The minimum absolute atomic E-state index is 0.187. The minimum Gasteiger partial charge on any atom is -0.497 e. The van der Waals surface area contributed by atoms with Crippen LogP contribution in [0, 0.1) is 0 Å². The number of methoxy groups -OCH3 is 1. The highest BCUT2D eigenvalue weighted by atomic mass is 16.5. The largest absolute Gasteiger partial charge is 0.497 e. The topological polar surface area (TPSA) is 97.6 Å². The molecule has 0 bridgehead atoms. The highest BCUT2D eigenvalue weighted by Crippen LogP contribution is 2.24. The first-order chi connectivity index (χ1) is 14.7. The molecule has 0 amide bonds. The van der Waals surface area contributed by atoms with Gasteiger partial charge >= 0.3 is 5.69 Å². The molecular formula is C22H25N4O5+. The van der Waals surface area contributed by atoms with E-state index in [1.165, 1.54) is 21.2 Å². The fraction of sp³-hybridized carbons (Fsp3) is 0.273. The summed E-state index contributed by atoms with van der Waals surface area (Å²) < 4.78 is 8.50. The lowest BCUT2D eigenvalue weighted by molar-refractivity contribution is -0.699. The summed E-state index contributed by atoms with van der Waals surface area (Å²) in [5.74, 6) is -0.391. The second kappa shape index (κ2) is 8.47. The van der Waals surface area contributed by atoms with Gasteiger partial charge in [0.05, 0.1) is 7.11 Å². The van der Waals surface area contributed by atoms with Crippen LogP contribution in [-0.2, 0) is 14.1 Å². The monoisotopic (exact) mass is 425 g/mol. The first kappa shape index (κ1) is 21.8. The van der Waals surface area contributed by atoms with Crippen molar-refractivity contribution in [3.8, 4) is 11.6 Å². The van der Waals surface area contributed by atoms with Crippen molar-refractivity contribution in [2.45, 2.75) is 6.04 Å². The lowest BCUT2D eigenvalue weighted by Gasteiger charge is -2.17.